The van der Waals surface area contributed by atoms with Gasteiger partial charge in [-0.3, -0.25) is 19.5 Å². The van der Waals surface area contributed by atoms with Crippen molar-refractivity contribution >= 4 is 22.8 Å². The van der Waals surface area contributed by atoms with Gasteiger partial charge in [-0.05, 0) is 26.1 Å². The maximum atomic E-state index is 12.9. The number of aliphatic hydroxyl groups excluding tert-OH is 1. The molecule has 1 amide bonds. The molecule has 0 spiro atoms. The Labute approximate surface area is 145 Å². The van der Waals surface area contributed by atoms with E-state index in [1.807, 2.05) is 31.2 Å². The summed E-state index contributed by atoms with van der Waals surface area (Å²) in [5.74, 6) is -1.16. The third-order valence-electron chi connectivity index (χ3n) is 4.59. The minimum absolute atomic E-state index is 0.176. The predicted octanol–water partition coefficient (Wildman–Crippen LogP) is 0.745. The van der Waals surface area contributed by atoms with E-state index in [4.69, 9.17) is 5.11 Å². The van der Waals surface area contributed by atoms with Crippen molar-refractivity contribution in [3.05, 3.63) is 41.6 Å². The van der Waals surface area contributed by atoms with Gasteiger partial charge < -0.3 is 15.1 Å². The van der Waals surface area contributed by atoms with Crippen LogP contribution in [0.2, 0.25) is 0 Å². The number of carbonyl (C=O) groups is 2. The topological polar surface area (TPSA) is 94.0 Å². The van der Waals surface area contributed by atoms with Crippen molar-refractivity contribution in [2.45, 2.75) is 19.1 Å². The number of β-amino-alcohol motifs (C(OH)–C–C–N with tert-alkyl or cyclic N) is 1. The molecule has 2 heterocycles. The number of amides is 1. The summed E-state index contributed by atoms with van der Waals surface area (Å²) in [4.78, 5) is 31.4. The fourth-order valence-electron chi connectivity index (χ4n) is 3.29. The van der Waals surface area contributed by atoms with E-state index in [1.54, 1.807) is 22.9 Å². The molecule has 1 fully saturated rings. The summed E-state index contributed by atoms with van der Waals surface area (Å²) >= 11 is 0. The molecule has 2 atom stereocenters. The Hall–Kier alpha value is -2.51. The quantitative estimate of drug-likeness (QED) is 0.851. The third kappa shape index (κ3) is 3.47. The van der Waals surface area contributed by atoms with Gasteiger partial charge in [0.2, 0.25) is 0 Å². The predicted molar refractivity (Wildman–Crippen MR) is 92.4 cm³/mol. The number of likely N-dealkylation sites (N-methyl/N-ethyl adjacent to an activating group) is 1. The van der Waals surface area contributed by atoms with Gasteiger partial charge in [0.25, 0.3) is 5.91 Å². The van der Waals surface area contributed by atoms with Crippen molar-refractivity contribution in [2.75, 3.05) is 26.7 Å². The van der Waals surface area contributed by atoms with Gasteiger partial charge >= 0.3 is 5.97 Å². The van der Waals surface area contributed by atoms with Crippen LogP contribution in [-0.4, -0.2) is 75.7 Å². The zero-order chi connectivity index (χ0) is 18.1. The Morgan fingerprint density at radius 2 is 2.04 bits per heavy atom. The fraction of sp³-hybridized carbons (Fsp3) is 0.389. The van der Waals surface area contributed by atoms with Crippen LogP contribution in [-0.2, 0) is 4.79 Å². The lowest BCUT2D eigenvalue weighted by atomic mass is 10.1. The summed E-state index contributed by atoms with van der Waals surface area (Å²) < 4.78 is 0. The maximum absolute atomic E-state index is 12.9. The number of rotatable bonds is 4. The molecular formula is C18H21N3O4. The van der Waals surface area contributed by atoms with Gasteiger partial charge in [-0.25, -0.2) is 0 Å². The number of fused-ring (bicyclic) bond motifs is 1. The summed E-state index contributed by atoms with van der Waals surface area (Å²) in [6.07, 6.45) is -0.780. The van der Waals surface area contributed by atoms with Crippen molar-refractivity contribution in [1.82, 2.24) is 14.8 Å². The summed E-state index contributed by atoms with van der Waals surface area (Å²) in [6.45, 7) is 2.15. The summed E-state index contributed by atoms with van der Waals surface area (Å²) in [6, 6.07) is 8.87. The molecule has 2 N–H and O–H groups in total. The number of aromatic nitrogens is 1. The molecule has 3 rings (SSSR count). The number of carboxylic acids is 1. The number of aryl methyl sites for hydroxylation is 1. The molecule has 0 bridgehead atoms. The largest absolute Gasteiger partial charge is 0.480 e. The highest BCUT2D eigenvalue weighted by molar-refractivity contribution is 6.05. The van der Waals surface area contributed by atoms with Crippen LogP contribution >= 0.6 is 0 Å². The molecule has 1 unspecified atom stereocenters. The number of likely N-dealkylation sites (tertiary alicyclic amines) is 1. The molecule has 1 aromatic carbocycles. The number of hydrogen-bond acceptors (Lipinski definition) is 5. The van der Waals surface area contributed by atoms with Gasteiger partial charge in [0.15, 0.2) is 0 Å². The smallest absolute Gasteiger partial charge is 0.317 e. The first-order valence-electron chi connectivity index (χ1n) is 8.12. The standard InChI is InChI=1S/C18H21N3O4/c1-11-6-7-12-4-3-5-13(17(12)19-11)18(25)21-8-14(15(22)9-21)20(2)10-16(23)24/h3-7,14-15,22H,8-10H2,1-2H3,(H,23,24)/t14?,15-/m1/s1. The van der Waals surface area contributed by atoms with Crippen molar-refractivity contribution in [1.29, 1.82) is 0 Å². The van der Waals surface area contributed by atoms with E-state index >= 15 is 0 Å². The van der Waals surface area contributed by atoms with Crippen molar-refractivity contribution in [3.8, 4) is 0 Å². The second-order valence-corrected chi connectivity index (χ2v) is 6.48. The van der Waals surface area contributed by atoms with Crippen molar-refractivity contribution < 1.29 is 19.8 Å². The molecule has 1 aromatic heterocycles. The molecule has 2 aromatic rings. The zero-order valence-electron chi connectivity index (χ0n) is 14.2. The van der Waals surface area contributed by atoms with Crippen LogP contribution in [0.4, 0.5) is 0 Å². The molecule has 7 nitrogen and oxygen atoms in total. The van der Waals surface area contributed by atoms with Gasteiger partial charge in [0.1, 0.15) is 0 Å². The number of nitrogens with zero attached hydrogens (tertiary/aromatic N) is 3. The average Bonchev–Trinajstić information content (AvgIpc) is 2.95. The van der Waals surface area contributed by atoms with Crippen LogP contribution < -0.4 is 0 Å². The van der Waals surface area contributed by atoms with E-state index in [-0.39, 0.29) is 25.5 Å². The highest BCUT2D eigenvalue weighted by atomic mass is 16.4. The van der Waals surface area contributed by atoms with Crippen molar-refractivity contribution in [2.24, 2.45) is 0 Å². The molecule has 0 radical (unpaired) electrons. The number of carbonyl (C=O) groups excluding carboxylic acids is 1. The lowest BCUT2D eigenvalue weighted by molar-refractivity contribution is -0.138. The maximum Gasteiger partial charge on any atom is 0.317 e. The Morgan fingerprint density at radius 1 is 1.28 bits per heavy atom. The zero-order valence-corrected chi connectivity index (χ0v) is 14.2. The van der Waals surface area contributed by atoms with Gasteiger partial charge in [-0.2, -0.15) is 0 Å². The highest BCUT2D eigenvalue weighted by Gasteiger charge is 2.37. The van der Waals surface area contributed by atoms with Crippen LogP contribution in [0.3, 0.4) is 0 Å². The van der Waals surface area contributed by atoms with Gasteiger partial charge in [-0.1, -0.05) is 18.2 Å². The Balaban J connectivity index is 1.85. The molecule has 0 saturated carbocycles. The van der Waals surface area contributed by atoms with Gasteiger partial charge in [-0.15, -0.1) is 0 Å². The number of hydrogen-bond donors (Lipinski definition) is 2. The summed E-state index contributed by atoms with van der Waals surface area (Å²) in [5, 5.41) is 20.1. The Bertz CT molecular complexity index is 823. The second kappa shape index (κ2) is 6.78. The first-order valence-corrected chi connectivity index (χ1v) is 8.12. The Morgan fingerprint density at radius 3 is 2.76 bits per heavy atom. The molecule has 1 saturated heterocycles. The summed E-state index contributed by atoms with van der Waals surface area (Å²) in [7, 11) is 1.64. The fourth-order valence-corrected chi connectivity index (χ4v) is 3.29. The SMILES string of the molecule is Cc1ccc2cccc(C(=O)N3CC(N(C)CC(=O)O)[C@H](O)C3)c2n1. The van der Waals surface area contributed by atoms with E-state index in [0.717, 1.165) is 11.1 Å². The lowest BCUT2D eigenvalue weighted by Gasteiger charge is -2.24. The Kier molecular flexibility index (Phi) is 4.69. The molecule has 1 aliphatic rings. The number of para-hydroxylation sites is 1. The second-order valence-electron chi connectivity index (χ2n) is 6.48. The monoisotopic (exact) mass is 343 g/mol. The van der Waals surface area contributed by atoms with Crippen LogP contribution in [0, 0.1) is 6.92 Å². The number of aliphatic carboxylic acids is 1. The van der Waals surface area contributed by atoms with Gasteiger partial charge in [0, 0.05) is 24.2 Å². The summed E-state index contributed by atoms with van der Waals surface area (Å²) in [5.41, 5.74) is 1.97. The van der Waals surface area contributed by atoms with Crippen LogP contribution in [0.15, 0.2) is 30.3 Å². The molecule has 0 aliphatic carbocycles. The third-order valence-corrected chi connectivity index (χ3v) is 4.59. The average molecular weight is 343 g/mol. The number of benzene rings is 1. The van der Waals surface area contributed by atoms with E-state index in [1.165, 1.54) is 0 Å². The molecule has 25 heavy (non-hydrogen) atoms. The van der Waals surface area contributed by atoms with Crippen molar-refractivity contribution in [3.63, 3.8) is 0 Å². The molecular weight excluding hydrogens is 322 g/mol. The number of aliphatic hydroxyl groups is 1. The number of pyridine rings is 1. The minimum Gasteiger partial charge on any atom is -0.480 e. The molecule has 1 aliphatic heterocycles. The van der Waals surface area contributed by atoms with Crippen LogP contribution in [0.1, 0.15) is 16.1 Å². The minimum atomic E-state index is -0.965. The number of carboxylic acid groups (broad SMARTS) is 1. The molecule has 132 valence electrons. The van der Waals surface area contributed by atoms with E-state index in [2.05, 4.69) is 4.98 Å². The highest BCUT2D eigenvalue weighted by Crippen LogP contribution is 2.22. The lowest BCUT2D eigenvalue weighted by Crippen LogP contribution is -2.43. The van der Waals surface area contributed by atoms with E-state index < -0.39 is 18.1 Å². The van der Waals surface area contributed by atoms with Crippen LogP contribution in [0.5, 0.6) is 0 Å². The van der Waals surface area contributed by atoms with Crippen LogP contribution in [0.25, 0.3) is 10.9 Å². The molecule has 7 heteroatoms. The van der Waals surface area contributed by atoms with E-state index in [0.29, 0.717) is 11.1 Å². The first kappa shape index (κ1) is 17.3. The normalized spacial score (nSPS) is 20.4. The van der Waals surface area contributed by atoms with E-state index in [9.17, 15) is 14.7 Å². The first-order chi connectivity index (χ1) is 11.9. The van der Waals surface area contributed by atoms with Gasteiger partial charge in [0.05, 0.1) is 29.8 Å².